The molecule has 0 spiro atoms. The van der Waals surface area contributed by atoms with Gasteiger partial charge in [-0.15, -0.1) is 0 Å². The Bertz CT molecular complexity index is 877. The Balaban J connectivity index is 1.79. The lowest BCUT2D eigenvalue weighted by Crippen LogP contribution is -2.33. The summed E-state index contributed by atoms with van der Waals surface area (Å²) in [5.74, 6) is -0.119. The number of benzene rings is 1. The minimum absolute atomic E-state index is 0.301. The molecule has 3 rings (SSSR count). The van der Waals surface area contributed by atoms with E-state index in [1.807, 2.05) is 6.07 Å². The predicted octanol–water partition coefficient (Wildman–Crippen LogP) is 1.29. The normalized spacial score (nSPS) is 22.7. The number of aryl methyl sites for hydroxylation is 1. The van der Waals surface area contributed by atoms with E-state index >= 15 is 0 Å². The van der Waals surface area contributed by atoms with Crippen molar-refractivity contribution in [2.45, 2.75) is 31.8 Å². The molecular formula is C17H18N2O5S. The number of rotatable bonds is 4. The summed E-state index contributed by atoms with van der Waals surface area (Å²) in [7, 11) is 0. The van der Waals surface area contributed by atoms with Crippen LogP contribution in [0, 0.1) is 6.92 Å². The fourth-order valence-electron chi connectivity index (χ4n) is 2.74. The number of hydrogen-bond acceptors (Lipinski definition) is 6. The fraction of sp³-hybridized carbons (Fsp3) is 0.353. The molecule has 1 aliphatic heterocycles. The van der Waals surface area contributed by atoms with Gasteiger partial charge in [0, 0.05) is 23.9 Å². The van der Waals surface area contributed by atoms with Gasteiger partial charge in [-0.1, -0.05) is 18.2 Å². The molecule has 1 saturated heterocycles. The molecule has 0 amide bonds. The van der Waals surface area contributed by atoms with Crippen LogP contribution in [0.5, 0.6) is 0 Å². The average molecular weight is 362 g/mol. The monoisotopic (exact) mass is 362 g/mol. The number of hydrogen-bond donors (Lipinski definition) is 2. The van der Waals surface area contributed by atoms with Crippen molar-refractivity contribution in [2.75, 3.05) is 5.75 Å². The van der Waals surface area contributed by atoms with Crippen molar-refractivity contribution in [3.63, 3.8) is 0 Å². The first kappa shape index (κ1) is 17.5. The Labute approximate surface area is 149 Å². The van der Waals surface area contributed by atoms with E-state index in [9.17, 15) is 14.4 Å². The topological polar surface area (TPSA) is 90.4 Å². The number of aromatic amines is 1. The van der Waals surface area contributed by atoms with E-state index in [4.69, 9.17) is 9.47 Å². The number of aromatic nitrogens is 2. The zero-order chi connectivity index (χ0) is 18.0. The number of nitrogens with one attached hydrogen (secondary N) is 1. The maximum atomic E-state index is 12.3. The van der Waals surface area contributed by atoms with Crippen LogP contribution in [0.1, 0.15) is 28.6 Å². The van der Waals surface area contributed by atoms with Crippen LogP contribution in [0.25, 0.3) is 0 Å². The van der Waals surface area contributed by atoms with Crippen LogP contribution in [0.15, 0.2) is 46.1 Å². The maximum Gasteiger partial charge on any atom is 0.338 e. The van der Waals surface area contributed by atoms with E-state index in [0.29, 0.717) is 23.3 Å². The molecule has 0 aliphatic carbocycles. The van der Waals surface area contributed by atoms with Gasteiger partial charge >= 0.3 is 11.7 Å². The zero-order valence-electron chi connectivity index (χ0n) is 13.5. The van der Waals surface area contributed by atoms with Crippen molar-refractivity contribution in [3.05, 3.63) is 68.5 Å². The number of thiol groups is 1. The van der Waals surface area contributed by atoms with E-state index in [2.05, 4.69) is 17.6 Å². The van der Waals surface area contributed by atoms with Crippen LogP contribution < -0.4 is 11.2 Å². The second-order valence-corrected chi connectivity index (χ2v) is 6.20. The van der Waals surface area contributed by atoms with E-state index in [0.717, 1.165) is 0 Å². The Morgan fingerprint density at radius 1 is 1.36 bits per heavy atom. The van der Waals surface area contributed by atoms with Gasteiger partial charge in [0.1, 0.15) is 18.4 Å². The minimum atomic E-state index is -0.631. The molecule has 0 radical (unpaired) electrons. The summed E-state index contributed by atoms with van der Waals surface area (Å²) >= 11 is 4.24. The number of H-pyrrole nitrogens is 1. The Morgan fingerprint density at radius 2 is 2.08 bits per heavy atom. The van der Waals surface area contributed by atoms with Crippen molar-refractivity contribution in [1.82, 2.24) is 9.55 Å². The molecule has 1 aromatic heterocycles. The van der Waals surface area contributed by atoms with Gasteiger partial charge in [-0.05, 0) is 19.1 Å². The van der Waals surface area contributed by atoms with Gasteiger partial charge in [-0.3, -0.25) is 14.3 Å². The summed E-state index contributed by atoms with van der Waals surface area (Å²) < 4.78 is 12.7. The molecule has 132 valence electrons. The molecule has 0 unspecified atom stereocenters. The molecule has 1 aromatic carbocycles. The molecule has 7 nitrogen and oxygen atoms in total. The third-order valence-corrected chi connectivity index (χ3v) is 4.44. The van der Waals surface area contributed by atoms with Crippen LogP contribution >= 0.6 is 12.6 Å². The van der Waals surface area contributed by atoms with Gasteiger partial charge < -0.3 is 9.47 Å². The molecule has 1 fully saturated rings. The first-order valence-corrected chi connectivity index (χ1v) is 8.47. The van der Waals surface area contributed by atoms with Crippen molar-refractivity contribution in [3.8, 4) is 0 Å². The third kappa shape index (κ3) is 3.69. The van der Waals surface area contributed by atoms with Crippen LogP contribution in [-0.2, 0) is 9.47 Å². The second-order valence-electron chi connectivity index (χ2n) is 5.84. The van der Waals surface area contributed by atoms with Gasteiger partial charge in [-0.2, -0.15) is 12.6 Å². The second kappa shape index (κ2) is 7.28. The number of nitrogens with zero attached hydrogens (tertiary/aromatic N) is 1. The van der Waals surface area contributed by atoms with E-state index in [-0.39, 0.29) is 0 Å². The van der Waals surface area contributed by atoms with Gasteiger partial charge in [0.25, 0.3) is 5.56 Å². The highest BCUT2D eigenvalue weighted by atomic mass is 32.1. The highest BCUT2D eigenvalue weighted by Crippen LogP contribution is 2.31. The highest BCUT2D eigenvalue weighted by molar-refractivity contribution is 7.80. The van der Waals surface area contributed by atoms with Crippen molar-refractivity contribution in [2.24, 2.45) is 0 Å². The van der Waals surface area contributed by atoms with Crippen molar-refractivity contribution < 1.29 is 14.3 Å². The van der Waals surface area contributed by atoms with Crippen LogP contribution in [0.3, 0.4) is 0 Å². The SMILES string of the molecule is Cc1cn([C@H]2C[C@H](OC(=O)c3ccccc3)[C@@H](CS)O2)c(=O)[nH]c1=O. The van der Waals surface area contributed by atoms with Crippen molar-refractivity contribution in [1.29, 1.82) is 0 Å². The first-order valence-electron chi connectivity index (χ1n) is 7.84. The number of carbonyl (C=O) groups is 1. The number of ether oxygens (including phenoxy) is 2. The van der Waals surface area contributed by atoms with E-state index < -0.39 is 35.7 Å². The van der Waals surface area contributed by atoms with Crippen molar-refractivity contribution >= 4 is 18.6 Å². The first-order chi connectivity index (χ1) is 12.0. The van der Waals surface area contributed by atoms with E-state index in [1.165, 1.54) is 10.8 Å². The molecule has 2 heterocycles. The lowest BCUT2D eigenvalue weighted by atomic mass is 10.2. The van der Waals surface area contributed by atoms with Gasteiger partial charge in [-0.25, -0.2) is 9.59 Å². The molecule has 1 aliphatic rings. The standard InChI is InChI=1S/C17H18N2O5S/c1-10-8-19(17(22)18-15(10)20)14-7-12(13(9-25)23-14)24-16(21)11-5-3-2-4-6-11/h2-6,8,12-14,25H,7,9H2,1H3,(H,18,20,22)/t12-,13+,14+/m0/s1. The lowest BCUT2D eigenvalue weighted by Gasteiger charge is -2.16. The van der Waals surface area contributed by atoms with Gasteiger partial charge in [0.2, 0.25) is 0 Å². The Morgan fingerprint density at radius 3 is 2.76 bits per heavy atom. The Hall–Kier alpha value is -2.32. The molecule has 1 N–H and O–H groups in total. The van der Waals surface area contributed by atoms with Gasteiger partial charge in [0.15, 0.2) is 0 Å². The molecule has 3 atom stereocenters. The number of esters is 1. The lowest BCUT2D eigenvalue weighted by molar-refractivity contribution is -0.0185. The highest BCUT2D eigenvalue weighted by Gasteiger charge is 2.38. The average Bonchev–Trinajstić information content (AvgIpc) is 3.01. The fourth-order valence-corrected chi connectivity index (χ4v) is 3.06. The van der Waals surface area contributed by atoms with Gasteiger partial charge in [0.05, 0.1) is 5.56 Å². The quantitative estimate of drug-likeness (QED) is 0.632. The van der Waals surface area contributed by atoms with E-state index in [1.54, 1.807) is 31.2 Å². The maximum absolute atomic E-state index is 12.3. The zero-order valence-corrected chi connectivity index (χ0v) is 14.4. The molecule has 8 heteroatoms. The molecule has 0 saturated carbocycles. The summed E-state index contributed by atoms with van der Waals surface area (Å²) in [5.41, 5.74) is -0.151. The molecule has 2 aromatic rings. The minimum Gasteiger partial charge on any atom is -0.456 e. The summed E-state index contributed by atoms with van der Waals surface area (Å²) in [6.07, 6.45) is 0.140. The molecule has 25 heavy (non-hydrogen) atoms. The number of carbonyl (C=O) groups excluding carboxylic acids is 1. The summed E-state index contributed by atoms with van der Waals surface area (Å²) in [5, 5.41) is 0. The summed E-state index contributed by atoms with van der Waals surface area (Å²) in [4.78, 5) is 38.0. The third-order valence-electron chi connectivity index (χ3n) is 4.08. The predicted molar refractivity (Wildman–Crippen MR) is 94.1 cm³/mol. The van der Waals surface area contributed by atoms with Crippen LogP contribution in [0.2, 0.25) is 0 Å². The smallest absolute Gasteiger partial charge is 0.338 e. The Kier molecular flexibility index (Phi) is 5.10. The summed E-state index contributed by atoms with van der Waals surface area (Å²) in [6, 6.07) is 8.65. The molecule has 0 bridgehead atoms. The largest absolute Gasteiger partial charge is 0.456 e. The summed E-state index contributed by atoms with van der Waals surface area (Å²) in [6.45, 7) is 1.60. The van der Waals surface area contributed by atoms with Crippen LogP contribution in [0.4, 0.5) is 0 Å². The molecular weight excluding hydrogens is 344 g/mol. The van der Waals surface area contributed by atoms with Crippen LogP contribution in [-0.4, -0.2) is 33.5 Å².